The summed E-state index contributed by atoms with van der Waals surface area (Å²) in [7, 11) is 0. The minimum atomic E-state index is -0.212. The Bertz CT molecular complexity index is 1570. The molecule has 4 aromatic rings. The molecule has 0 radical (unpaired) electrons. The van der Waals surface area contributed by atoms with Crippen molar-refractivity contribution >= 4 is 28.8 Å². The molecule has 2 aromatic carbocycles. The number of para-hydroxylation sites is 1. The predicted octanol–water partition coefficient (Wildman–Crippen LogP) is 6.71. The quantitative estimate of drug-likeness (QED) is 0.256. The van der Waals surface area contributed by atoms with Gasteiger partial charge in [-0.1, -0.05) is 68.6 Å². The highest BCUT2D eigenvalue weighted by Crippen LogP contribution is 2.31. The summed E-state index contributed by atoms with van der Waals surface area (Å²) >= 11 is 7.47. The number of carbonyl (C=O) groups is 1. The molecule has 2 atom stereocenters. The smallest absolute Gasteiger partial charge is 0.265 e. The van der Waals surface area contributed by atoms with Crippen molar-refractivity contribution in [3.63, 3.8) is 0 Å². The van der Waals surface area contributed by atoms with Crippen LogP contribution in [0.4, 0.5) is 0 Å². The average Bonchev–Trinajstić information content (AvgIpc) is 3.44. The first-order chi connectivity index (χ1) is 19.3. The van der Waals surface area contributed by atoms with E-state index in [1.165, 1.54) is 11.3 Å². The van der Waals surface area contributed by atoms with Crippen molar-refractivity contribution in [2.75, 3.05) is 0 Å². The number of aromatic nitrogens is 2. The molecule has 1 fully saturated rings. The van der Waals surface area contributed by atoms with Gasteiger partial charge in [0.05, 0.1) is 22.5 Å². The maximum atomic E-state index is 14.3. The van der Waals surface area contributed by atoms with Gasteiger partial charge >= 0.3 is 0 Å². The summed E-state index contributed by atoms with van der Waals surface area (Å²) in [5.74, 6) is -0.212. The first kappa shape index (κ1) is 28.3. The molecule has 40 heavy (non-hydrogen) atoms. The Hall–Kier alpha value is -3.26. The molecular weight excluding hydrogens is 540 g/mol. The second-order valence-electron chi connectivity index (χ2n) is 10.4. The highest BCUT2D eigenvalue weighted by molar-refractivity contribution is 7.13. The number of halogens is 1. The van der Waals surface area contributed by atoms with Crippen molar-refractivity contribution in [1.29, 1.82) is 0 Å². The van der Waals surface area contributed by atoms with Gasteiger partial charge in [0.2, 0.25) is 0 Å². The van der Waals surface area contributed by atoms with E-state index in [0.717, 1.165) is 66.6 Å². The Morgan fingerprint density at radius 2 is 1.77 bits per heavy atom. The molecule has 208 valence electrons. The van der Waals surface area contributed by atoms with Crippen molar-refractivity contribution < 1.29 is 4.79 Å². The Morgan fingerprint density at radius 3 is 2.42 bits per heavy atom. The Morgan fingerprint density at radius 1 is 1.10 bits per heavy atom. The molecular formula is C32H35ClN4O2S. The van der Waals surface area contributed by atoms with Gasteiger partial charge in [0.25, 0.3) is 11.5 Å². The van der Waals surface area contributed by atoms with Crippen LogP contribution in [0.15, 0.2) is 58.7 Å². The van der Waals surface area contributed by atoms with E-state index in [0.29, 0.717) is 26.9 Å². The molecule has 1 amide bonds. The molecule has 0 unspecified atom stereocenters. The fraction of sp³-hybridized carbons (Fsp3) is 0.344. The Labute approximate surface area is 244 Å². The van der Waals surface area contributed by atoms with E-state index in [-0.39, 0.29) is 23.6 Å². The predicted molar refractivity (Wildman–Crippen MR) is 165 cm³/mol. The Kier molecular flexibility index (Phi) is 8.54. The molecule has 0 bridgehead atoms. The number of thiazole rings is 1. The molecule has 0 aliphatic heterocycles. The number of carbonyl (C=O) groups excluding carboxylic acids is 1. The van der Waals surface area contributed by atoms with E-state index < -0.39 is 0 Å². The topological polar surface area (TPSA) is 90.0 Å². The molecule has 1 aliphatic carbocycles. The first-order valence-corrected chi connectivity index (χ1v) is 15.2. The summed E-state index contributed by atoms with van der Waals surface area (Å²) < 4.78 is 1.73. The maximum absolute atomic E-state index is 14.3. The highest BCUT2D eigenvalue weighted by Gasteiger charge is 2.27. The number of amides is 1. The third-order valence-corrected chi connectivity index (χ3v) is 9.02. The molecule has 2 aromatic heterocycles. The van der Waals surface area contributed by atoms with Crippen molar-refractivity contribution in [2.45, 2.75) is 71.4 Å². The number of nitrogens with one attached hydrogen (secondary N) is 1. The summed E-state index contributed by atoms with van der Waals surface area (Å²) in [4.78, 5) is 32.9. The van der Waals surface area contributed by atoms with E-state index >= 15 is 0 Å². The molecule has 8 heteroatoms. The lowest BCUT2D eigenvalue weighted by Crippen LogP contribution is -2.49. The van der Waals surface area contributed by atoms with Crippen LogP contribution in [0.2, 0.25) is 5.02 Å². The van der Waals surface area contributed by atoms with Gasteiger partial charge in [-0.2, -0.15) is 0 Å². The number of hydrogen-bond acceptors (Lipinski definition) is 5. The fourth-order valence-corrected chi connectivity index (χ4v) is 6.56. The normalized spacial score (nSPS) is 17.1. The van der Waals surface area contributed by atoms with Crippen LogP contribution in [0, 0.1) is 6.92 Å². The number of nitrogens with zero attached hydrogens (tertiary/aromatic N) is 2. The molecule has 1 aliphatic rings. The van der Waals surface area contributed by atoms with Crippen LogP contribution in [0.1, 0.15) is 66.7 Å². The summed E-state index contributed by atoms with van der Waals surface area (Å²) in [6.45, 7) is 6.02. The van der Waals surface area contributed by atoms with Gasteiger partial charge < -0.3 is 11.1 Å². The average molecular weight is 575 g/mol. The number of hydrogen-bond donors (Lipinski definition) is 2. The van der Waals surface area contributed by atoms with E-state index in [1.54, 1.807) is 10.6 Å². The molecule has 1 saturated carbocycles. The zero-order valence-electron chi connectivity index (χ0n) is 23.2. The monoisotopic (exact) mass is 574 g/mol. The van der Waals surface area contributed by atoms with Crippen LogP contribution in [-0.4, -0.2) is 27.5 Å². The minimum Gasteiger partial charge on any atom is -0.348 e. The van der Waals surface area contributed by atoms with Crippen molar-refractivity contribution in [3.8, 4) is 27.5 Å². The van der Waals surface area contributed by atoms with Crippen LogP contribution in [0.5, 0.6) is 0 Å². The Balaban J connectivity index is 1.69. The number of aryl methyl sites for hydroxylation is 2. The third-order valence-electron chi connectivity index (χ3n) is 7.89. The standard InChI is InChI=1S/C32H35ClN4O2S/c1-4-20-9-8-10-21(5-2)29(20)37-19(3)24(30(38)35-27-12-7-6-11-26(27)34)17-25(32(37)39)31-36-28(18-40-31)22-13-15-23(33)16-14-22/h8-10,13-18,26-27H,4-7,11-12,34H2,1-3H3,(H,35,38)/t26-,27+/m0/s1. The maximum Gasteiger partial charge on any atom is 0.265 e. The lowest BCUT2D eigenvalue weighted by atomic mass is 9.90. The molecule has 3 N–H and O–H groups in total. The van der Waals surface area contributed by atoms with Crippen LogP contribution in [-0.2, 0) is 12.8 Å². The number of rotatable bonds is 7. The van der Waals surface area contributed by atoms with Crippen LogP contribution >= 0.6 is 22.9 Å². The lowest BCUT2D eigenvalue weighted by molar-refractivity contribution is 0.0920. The summed E-state index contributed by atoms with van der Waals surface area (Å²) in [5.41, 5.74) is 12.3. The van der Waals surface area contributed by atoms with E-state index in [9.17, 15) is 9.59 Å². The van der Waals surface area contributed by atoms with Crippen LogP contribution in [0.25, 0.3) is 27.5 Å². The summed E-state index contributed by atoms with van der Waals surface area (Å²) in [5, 5.41) is 6.34. The molecule has 0 saturated heterocycles. The van der Waals surface area contributed by atoms with Gasteiger partial charge in [0.1, 0.15) is 5.01 Å². The largest absolute Gasteiger partial charge is 0.348 e. The minimum absolute atomic E-state index is 0.0724. The van der Waals surface area contributed by atoms with E-state index in [1.807, 2.05) is 42.6 Å². The van der Waals surface area contributed by atoms with Crippen molar-refractivity contribution in [2.24, 2.45) is 5.73 Å². The van der Waals surface area contributed by atoms with Crippen molar-refractivity contribution in [3.05, 3.63) is 91.7 Å². The third kappa shape index (κ3) is 5.51. The zero-order valence-corrected chi connectivity index (χ0v) is 24.7. The molecule has 0 spiro atoms. The van der Waals surface area contributed by atoms with Gasteiger partial charge in [0, 0.05) is 33.7 Å². The van der Waals surface area contributed by atoms with Gasteiger partial charge in [-0.3, -0.25) is 14.2 Å². The second-order valence-corrected chi connectivity index (χ2v) is 11.7. The second kappa shape index (κ2) is 12.1. The van der Waals surface area contributed by atoms with E-state index in [2.05, 4.69) is 31.3 Å². The zero-order chi connectivity index (χ0) is 28.4. The summed E-state index contributed by atoms with van der Waals surface area (Å²) in [6.07, 6.45) is 5.39. The molecule has 6 nitrogen and oxygen atoms in total. The number of benzene rings is 2. The van der Waals surface area contributed by atoms with Crippen LogP contribution in [0.3, 0.4) is 0 Å². The van der Waals surface area contributed by atoms with Gasteiger partial charge in [-0.05, 0) is 61.9 Å². The lowest BCUT2D eigenvalue weighted by Gasteiger charge is -2.29. The first-order valence-electron chi connectivity index (χ1n) is 14.0. The highest BCUT2D eigenvalue weighted by atomic mass is 35.5. The van der Waals surface area contributed by atoms with Gasteiger partial charge in [0.15, 0.2) is 0 Å². The molecule has 5 rings (SSSR count). The fourth-order valence-electron chi connectivity index (χ4n) is 5.59. The molecule has 2 heterocycles. The summed E-state index contributed by atoms with van der Waals surface area (Å²) in [6, 6.07) is 15.1. The van der Waals surface area contributed by atoms with Crippen LogP contribution < -0.4 is 16.6 Å². The van der Waals surface area contributed by atoms with E-state index in [4.69, 9.17) is 22.3 Å². The van der Waals surface area contributed by atoms with Gasteiger partial charge in [-0.25, -0.2) is 4.98 Å². The number of pyridine rings is 1. The van der Waals surface area contributed by atoms with Crippen molar-refractivity contribution in [1.82, 2.24) is 14.9 Å². The SMILES string of the molecule is CCc1cccc(CC)c1-n1c(C)c(C(=O)N[C@@H]2CCCC[C@@H]2N)cc(-c2nc(-c3ccc(Cl)cc3)cs2)c1=O. The van der Waals surface area contributed by atoms with Gasteiger partial charge in [-0.15, -0.1) is 11.3 Å². The number of nitrogens with two attached hydrogens (primary N) is 1.